The highest BCUT2D eigenvalue weighted by atomic mass is 15.1. The number of hydrogen-bond donors (Lipinski definition) is 1. The van der Waals surface area contributed by atoms with Gasteiger partial charge in [-0.25, -0.2) is 0 Å². The molecule has 1 atom stereocenters. The monoisotopic (exact) mass is 241 g/mol. The molecule has 2 aromatic rings. The number of nitrogens with zero attached hydrogens (tertiary/aromatic N) is 2. The Hall–Kier alpha value is -1.45. The van der Waals surface area contributed by atoms with Gasteiger partial charge in [0.25, 0.3) is 0 Å². The lowest BCUT2D eigenvalue weighted by Gasteiger charge is -2.30. The van der Waals surface area contributed by atoms with E-state index >= 15 is 0 Å². The van der Waals surface area contributed by atoms with E-state index in [1.54, 1.807) is 0 Å². The molecule has 1 aromatic carbocycles. The van der Waals surface area contributed by atoms with Crippen molar-refractivity contribution in [3.8, 4) is 0 Å². The van der Waals surface area contributed by atoms with Gasteiger partial charge in [-0.15, -0.1) is 0 Å². The van der Waals surface area contributed by atoms with Crippen molar-refractivity contribution in [2.75, 3.05) is 13.1 Å². The third kappa shape index (κ3) is 2.52. The Morgan fingerprint density at radius 3 is 3.00 bits per heavy atom. The number of rotatable bonds is 2. The Morgan fingerprint density at radius 2 is 2.11 bits per heavy atom. The molecule has 1 fully saturated rings. The first-order valence-corrected chi connectivity index (χ1v) is 6.64. The van der Waals surface area contributed by atoms with Crippen LogP contribution in [0.1, 0.15) is 18.5 Å². The minimum Gasteiger partial charge on any atom is -0.327 e. The van der Waals surface area contributed by atoms with E-state index in [2.05, 4.69) is 29.2 Å². The summed E-state index contributed by atoms with van der Waals surface area (Å²) in [5.41, 5.74) is 8.23. The van der Waals surface area contributed by atoms with Crippen molar-refractivity contribution >= 4 is 10.9 Å². The topological polar surface area (TPSA) is 42.1 Å². The van der Waals surface area contributed by atoms with Crippen molar-refractivity contribution in [1.29, 1.82) is 0 Å². The van der Waals surface area contributed by atoms with Gasteiger partial charge in [0.15, 0.2) is 0 Å². The molecule has 1 saturated heterocycles. The molecular weight excluding hydrogens is 222 g/mol. The van der Waals surface area contributed by atoms with Crippen molar-refractivity contribution in [2.45, 2.75) is 25.4 Å². The average Bonchev–Trinajstić information content (AvgIpc) is 2.39. The van der Waals surface area contributed by atoms with E-state index in [9.17, 15) is 0 Å². The smallest absolute Gasteiger partial charge is 0.0705 e. The van der Waals surface area contributed by atoms with Gasteiger partial charge in [0.2, 0.25) is 0 Å². The van der Waals surface area contributed by atoms with Gasteiger partial charge in [-0.1, -0.05) is 24.3 Å². The van der Waals surface area contributed by atoms with Crippen LogP contribution in [0.4, 0.5) is 0 Å². The van der Waals surface area contributed by atoms with Crippen LogP contribution in [0.3, 0.4) is 0 Å². The molecule has 94 valence electrons. The lowest BCUT2D eigenvalue weighted by molar-refractivity contribution is 0.199. The number of aromatic nitrogens is 1. The highest BCUT2D eigenvalue weighted by molar-refractivity contribution is 5.78. The van der Waals surface area contributed by atoms with Gasteiger partial charge in [-0.2, -0.15) is 0 Å². The fraction of sp³-hybridized carbons (Fsp3) is 0.400. The summed E-state index contributed by atoms with van der Waals surface area (Å²) in [5, 5.41) is 1.21. The average molecular weight is 241 g/mol. The second kappa shape index (κ2) is 5.04. The Balaban J connectivity index is 1.78. The zero-order chi connectivity index (χ0) is 12.4. The molecular formula is C15H19N3. The molecule has 0 saturated carbocycles. The molecule has 1 aliphatic rings. The van der Waals surface area contributed by atoms with Crippen LogP contribution in [-0.4, -0.2) is 29.0 Å². The number of nitrogens with two attached hydrogens (primary N) is 1. The minimum absolute atomic E-state index is 0.333. The summed E-state index contributed by atoms with van der Waals surface area (Å²) in [6, 6.07) is 12.9. The van der Waals surface area contributed by atoms with Crippen LogP contribution in [0, 0.1) is 0 Å². The van der Waals surface area contributed by atoms with Crippen LogP contribution in [-0.2, 0) is 6.54 Å². The predicted octanol–water partition coefficient (Wildman–Crippen LogP) is 2.16. The molecule has 0 bridgehead atoms. The van der Waals surface area contributed by atoms with E-state index in [0.29, 0.717) is 6.04 Å². The first-order valence-electron chi connectivity index (χ1n) is 6.64. The standard InChI is InChI=1S/C15H19N3/c16-13-5-3-9-18(10-13)11-14-8-7-12-4-1-2-6-15(12)17-14/h1-2,4,6-8,13H,3,5,9-11,16H2. The van der Waals surface area contributed by atoms with Crippen molar-refractivity contribution < 1.29 is 0 Å². The van der Waals surface area contributed by atoms with Crippen molar-refractivity contribution in [1.82, 2.24) is 9.88 Å². The molecule has 3 rings (SSSR count). The highest BCUT2D eigenvalue weighted by Gasteiger charge is 2.16. The number of piperidine rings is 1. The van der Waals surface area contributed by atoms with E-state index in [1.165, 1.54) is 11.8 Å². The zero-order valence-electron chi connectivity index (χ0n) is 10.5. The number of likely N-dealkylation sites (tertiary alicyclic amines) is 1. The second-order valence-electron chi connectivity index (χ2n) is 5.13. The maximum Gasteiger partial charge on any atom is 0.0705 e. The van der Waals surface area contributed by atoms with Gasteiger partial charge in [0.05, 0.1) is 11.2 Å². The summed E-state index contributed by atoms with van der Waals surface area (Å²) in [4.78, 5) is 7.12. The van der Waals surface area contributed by atoms with Gasteiger partial charge in [0.1, 0.15) is 0 Å². The number of benzene rings is 1. The van der Waals surface area contributed by atoms with Crippen LogP contribution in [0.15, 0.2) is 36.4 Å². The Kier molecular flexibility index (Phi) is 3.26. The molecule has 1 unspecified atom stereocenters. The maximum absolute atomic E-state index is 6.01. The number of fused-ring (bicyclic) bond motifs is 1. The lowest BCUT2D eigenvalue weighted by atomic mass is 10.1. The first kappa shape index (κ1) is 11.6. The van der Waals surface area contributed by atoms with E-state index in [0.717, 1.165) is 37.3 Å². The number of pyridine rings is 1. The van der Waals surface area contributed by atoms with Gasteiger partial charge >= 0.3 is 0 Å². The largest absolute Gasteiger partial charge is 0.327 e. The summed E-state index contributed by atoms with van der Waals surface area (Å²) >= 11 is 0. The van der Waals surface area contributed by atoms with Crippen molar-refractivity contribution in [2.24, 2.45) is 5.73 Å². The molecule has 0 radical (unpaired) electrons. The summed E-state index contributed by atoms with van der Waals surface area (Å²) in [6.07, 6.45) is 2.36. The first-order chi connectivity index (χ1) is 8.81. The summed E-state index contributed by atoms with van der Waals surface area (Å²) in [6.45, 7) is 3.05. The summed E-state index contributed by atoms with van der Waals surface area (Å²) in [5.74, 6) is 0. The number of hydrogen-bond acceptors (Lipinski definition) is 3. The number of para-hydroxylation sites is 1. The maximum atomic E-state index is 6.01. The second-order valence-corrected chi connectivity index (χ2v) is 5.13. The highest BCUT2D eigenvalue weighted by Crippen LogP contribution is 2.15. The van der Waals surface area contributed by atoms with E-state index in [1.807, 2.05) is 12.1 Å². The SMILES string of the molecule is NC1CCCN(Cc2ccc3ccccc3n2)C1. The third-order valence-corrected chi connectivity index (χ3v) is 3.58. The molecule has 3 heteroatoms. The molecule has 1 aliphatic heterocycles. The molecule has 0 spiro atoms. The van der Waals surface area contributed by atoms with Gasteiger partial charge in [-0.3, -0.25) is 9.88 Å². The lowest BCUT2D eigenvalue weighted by Crippen LogP contribution is -2.42. The molecule has 3 nitrogen and oxygen atoms in total. The minimum atomic E-state index is 0.333. The normalized spacial score (nSPS) is 21.3. The predicted molar refractivity (Wildman–Crippen MR) is 74.2 cm³/mol. The Bertz CT molecular complexity index is 538. The van der Waals surface area contributed by atoms with Crippen LogP contribution in [0.5, 0.6) is 0 Å². The van der Waals surface area contributed by atoms with Crippen LogP contribution >= 0.6 is 0 Å². The quantitative estimate of drug-likeness (QED) is 0.876. The molecule has 0 amide bonds. The van der Waals surface area contributed by atoms with Crippen LogP contribution in [0.25, 0.3) is 10.9 Å². The molecule has 2 heterocycles. The fourth-order valence-corrected chi connectivity index (χ4v) is 2.66. The summed E-state index contributed by atoms with van der Waals surface area (Å²) in [7, 11) is 0. The third-order valence-electron chi connectivity index (χ3n) is 3.58. The summed E-state index contributed by atoms with van der Waals surface area (Å²) < 4.78 is 0. The van der Waals surface area contributed by atoms with Crippen LogP contribution < -0.4 is 5.73 Å². The van der Waals surface area contributed by atoms with Crippen molar-refractivity contribution in [3.05, 3.63) is 42.1 Å². The van der Waals surface area contributed by atoms with Crippen molar-refractivity contribution in [3.63, 3.8) is 0 Å². The molecule has 0 aliphatic carbocycles. The van der Waals surface area contributed by atoms with Gasteiger partial charge in [-0.05, 0) is 31.5 Å². The fourth-order valence-electron chi connectivity index (χ4n) is 2.66. The van der Waals surface area contributed by atoms with E-state index < -0.39 is 0 Å². The Labute approximate surface area is 108 Å². The van der Waals surface area contributed by atoms with Gasteiger partial charge in [0, 0.05) is 24.5 Å². The molecule has 18 heavy (non-hydrogen) atoms. The van der Waals surface area contributed by atoms with Crippen LogP contribution in [0.2, 0.25) is 0 Å². The molecule has 2 N–H and O–H groups in total. The Morgan fingerprint density at radius 1 is 1.22 bits per heavy atom. The molecule has 1 aromatic heterocycles. The van der Waals surface area contributed by atoms with E-state index in [-0.39, 0.29) is 0 Å². The van der Waals surface area contributed by atoms with E-state index in [4.69, 9.17) is 10.7 Å². The van der Waals surface area contributed by atoms with Gasteiger partial charge < -0.3 is 5.73 Å². The zero-order valence-corrected chi connectivity index (χ0v) is 10.5.